The number of hydrogen-bond donors (Lipinski definition) is 1. The van der Waals surface area contributed by atoms with E-state index in [1.165, 1.54) is 17.7 Å². The van der Waals surface area contributed by atoms with E-state index >= 15 is 0 Å². The van der Waals surface area contributed by atoms with Crippen LogP contribution in [0.1, 0.15) is 24.0 Å². The summed E-state index contributed by atoms with van der Waals surface area (Å²) in [5.74, 6) is 0. The molecule has 0 fully saturated rings. The highest BCUT2D eigenvalue weighted by Crippen LogP contribution is 2.29. The van der Waals surface area contributed by atoms with Gasteiger partial charge in [-0.25, -0.2) is 0 Å². The number of nitrogens with one attached hydrogen (secondary N) is 1. The van der Waals surface area contributed by atoms with Crippen molar-refractivity contribution in [1.82, 2.24) is 0 Å². The molecule has 0 atom stereocenters. The summed E-state index contributed by atoms with van der Waals surface area (Å²) in [5.41, 5.74) is 5.16. The van der Waals surface area contributed by atoms with E-state index in [0.29, 0.717) is 0 Å². The van der Waals surface area contributed by atoms with Crippen molar-refractivity contribution in [3.63, 3.8) is 0 Å². The zero-order valence-electron chi connectivity index (χ0n) is 12.6. The van der Waals surface area contributed by atoms with Gasteiger partial charge in [-0.05, 0) is 30.9 Å². The van der Waals surface area contributed by atoms with E-state index in [-0.39, 0.29) is 17.1 Å². The summed E-state index contributed by atoms with van der Waals surface area (Å²) in [6.45, 7) is 0. The molecular formula is C16H14N4O4. The molecule has 1 aliphatic carbocycles. The van der Waals surface area contributed by atoms with Gasteiger partial charge in [0.05, 0.1) is 21.6 Å². The molecule has 122 valence electrons. The molecule has 8 nitrogen and oxygen atoms in total. The Bertz CT molecular complexity index is 848. The number of benzene rings is 2. The van der Waals surface area contributed by atoms with Crippen molar-refractivity contribution in [3.8, 4) is 0 Å². The molecule has 0 spiro atoms. The molecule has 0 saturated carbocycles. The van der Waals surface area contributed by atoms with Crippen LogP contribution in [-0.2, 0) is 6.42 Å². The number of hydrazone groups is 1. The molecule has 8 heteroatoms. The maximum Gasteiger partial charge on any atom is 0.301 e. The molecule has 1 aliphatic rings. The SMILES string of the molecule is O=[N+]([O-])c1ccc(N/N=C2/CCCc3ccccc32)c([N+](=O)[O-])c1. The maximum atomic E-state index is 11.1. The van der Waals surface area contributed by atoms with Gasteiger partial charge in [-0.2, -0.15) is 5.10 Å². The van der Waals surface area contributed by atoms with Crippen LogP contribution in [0.25, 0.3) is 0 Å². The van der Waals surface area contributed by atoms with E-state index in [0.717, 1.165) is 36.6 Å². The third kappa shape index (κ3) is 3.07. The second kappa shape index (κ2) is 6.45. The number of aryl methyl sites for hydroxylation is 1. The topological polar surface area (TPSA) is 111 Å². The summed E-state index contributed by atoms with van der Waals surface area (Å²) in [5, 5.41) is 26.2. The molecule has 0 radical (unpaired) electrons. The van der Waals surface area contributed by atoms with Crippen molar-refractivity contribution in [2.45, 2.75) is 19.3 Å². The summed E-state index contributed by atoms with van der Waals surface area (Å²) in [6, 6.07) is 11.3. The van der Waals surface area contributed by atoms with Gasteiger partial charge in [0.15, 0.2) is 0 Å². The summed E-state index contributed by atoms with van der Waals surface area (Å²) in [6.07, 6.45) is 2.71. The van der Waals surface area contributed by atoms with E-state index in [1.54, 1.807) is 0 Å². The lowest BCUT2D eigenvalue weighted by Gasteiger charge is -2.17. The first-order valence-corrected chi connectivity index (χ1v) is 7.40. The zero-order chi connectivity index (χ0) is 17.1. The van der Waals surface area contributed by atoms with Crippen LogP contribution in [-0.4, -0.2) is 15.6 Å². The summed E-state index contributed by atoms with van der Waals surface area (Å²) >= 11 is 0. The second-order valence-electron chi connectivity index (χ2n) is 5.40. The monoisotopic (exact) mass is 326 g/mol. The average Bonchev–Trinajstić information content (AvgIpc) is 2.59. The van der Waals surface area contributed by atoms with Crippen LogP contribution < -0.4 is 5.43 Å². The van der Waals surface area contributed by atoms with Crippen LogP contribution in [0, 0.1) is 20.2 Å². The van der Waals surface area contributed by atoms with Crippen LogP contribution >= 0.6 is 0 Å². The molecule has 1 N–H and O–H groups in total. The quantitative estimate of drug-likeness (QED) is 0.681. The van der Waals surface area contributed by atoms with Gasteiger partial charge in [0, 0.05) is 11.6 Å². The van der Waals surface area contributed by atoms with Crippen molar-refractivity contribution >= 4 is 22.8 Å². The molecule has 3 rings (SSSR count). The smallest absolute Gasteiger partial charge is 0.271 e. The zero-order valence-corrected chi connectivity index (χ0v) is 12.6. The highest BCUT2D eigenvalue weighted by molar-refractivity contribution is 6.03. The van der Waals surface area contributed by atoms with Crippen LogP contribution in [0.15, 0.2) is 47.6 Å². The van der Waals surface area contributed by atoms with Crippen molar-refractivity contribution < 1.29 is 9.85 Å². The third-order valence-electron chi connectivity index (χ3n) is 3.89. The molecule has 0 unspecified atom stereocenters. The fourth-order valence-electron chi connectivity index (χ4n) is 2.72. The molecule has 0 saturated heterocycles. The van der Waals surface area contributed by atoms with Crippen LogP contribution in [0.3, 0.4) is 0 Å². The highest BCUT2D eigenvalue weighted by Gasteiger charge is 2.20. The van der Waals surface area contributed by atoms with Crippen LogP contribution in [0.4, 0.5) is 17.1 Å². The Morgan fingerprint density at radius 2 is 1.79 bits per heavy atom. The average molecular weight is 326 g/mol. The Balaban J connectivity index is 1.92. The van der Waals surface area contributed by atoms with Crippen molar-refractivity contribution in [2.75, 3.05) is 5.43 Å². The minimum Gasteiger partial charge on any atom is -0.271 e. The Labute approximate surface area is 137 Å². The predicted molar refractivity (Wildman–Crippen MR) is 89.3 cm³/mol. The van der Waals surface area contributed by atoms with Crippen LogP contribution in [0.2, 0.25) is 0 Å². The van der Waals surface area contributed by atoms with Crippen LogP contribution in [0.5, 0.6) is 0 Å². The minimum absolute atomic E-state index is 0.126. The number of fused-ring (bicyclic) bond motifs is 1. The van der Waals surface area contributed by atoms with E-state index < -0.39 is 9.85 Å². The number of nitro benzene ring substituents is 2. The first-order chi connectivity index (χ1) is 11.6. The van der Waals surface area contributed by atoms with Gasteiger partial charge in [-0.1, -0.05) is 24.3 Å². The number of nitrogens with zero attached hydrogens (tertiary/aromatic N) is 3. The largest absolute Gasteiger partial charge is 0.301 e. The van der Waals surface area contributed by atoms with Gasteiger partial charge in [0.2, 0.25) is 0 Å². The van der Waals surface area contributed by atoms with Gasteiger partial charge in [0.1, 0.15) is 5.69 Å². The molecular weight excluding hydrogens is 312 g/mol. The van der Waals surface area contributed by atoms with E-state index in [9.17, 15) is 20.2 Å². The maximum absolute atomic E-state index is 11.1. The molecule has 2 aromatic carbocycles. The van der Waals surface area contributed by atoms with E-state index in [1.807, 2.05) is 24.3 Å². The first-order valence-electron chi connectivity index (χ1n) is 7.40. The normalized spacial score (nSPS) is 14.9. The minimum atomic E-state index is -0.667. The lowest BCUT2D eigenvalue weighted by molar-refractivity contribution is -0.393. The molecule has 2 aromatic rings. The lowest BCUT2D eigenvalue weighted by Crippen LogP contribution is -2.13. The van der Waals surface area contributed by atoms with Gasteiger partial charge < -0.3 is 0 Å². The Morgan fingerprint density at radius 3 is 2.54 bits per heavy atom. The predicted octanol–water partition coefficient (Wildman–Crippen LogP) is 3.66. The third-order valence-corrected chi connectivity index (χ3v) is 3.89. The highest BCUT2D eigenvalue weighted by atomic mass is 16.6. The fraction of sp³-hybridized carbons (Fsp3) is 0.188. The number of rotatable bonds is 4. The Morgan fingerprint density at radius 1 is 1.00 bits per heavy atom. The number of hydrogen-bond acceptors (Lipinski definition) is 6. The standard InChI is InChI=1S/C16H14N4O4/c21-19(22)12-8-9-15(16(10-12)20(23)24)18-17-14-7-3-5-11-4-1-2-6-13(11)14/h1-2,4,6,8-10,18H,3,5,7H2/b17-14-. The molecule has 0 aromatic heterocycles. The number of non-ortho nitro benzene ring substituents is 1. The van der Waals surface area contributed by atoms with Gasteiger partial charge in [-0.3, -0.25) is 25.7 Å². The molecule has 0 heterocycles. The molecule has 0 aliphatic heterocycles. The van der Waals surface area contributed by atoms with Crippen molar-refractivity contribution in [2.24, 2.45) is 5.10 Å². The summed E-state index contributed by atoms with van der Waals surface area (Å²) in [7, 11) is 0. The van der Waals surface area contributed by atoms with E-state index in [2.05, 4.69) is 10.5 Å². The number of nitro groups is 2. The van der Waals surface area contributed by atoms with Gasteiger partial charge in [-0.15, -0.1) is 0 Å². The van der Waals surface area contributed by atoms with Crippen molar-refractivity contribution in [3.05, 3.63) is 73.8 Å². The van der Waals surface area contributed by atoms with E-state index in [4.69, 9.17) is 0 Å². The first kappa shape index (κ1) is 15.6. The fourth-order valence-corrected chi connectivity index (χ4v) is 2.72. The van der Waals surface area contributed by atoms with Crippen molar-refractivity contribution in [1.29, 1.82) is 0 Å². The Kier molecular flexibility index (Phi) is 4.19. The Hall–Kier alpha value is -3.29. The van der Waals surface area contributed by atoms with Gasteiger partial charge >= 0.3 is 5.69 Å². The second-order valence-corrected chi connectivity index (χ2v) is 5.40. The molecule has 0 bridgehead atoms. The molecule has 24 heavy (non-hydrogen) atoms. The number of anilines is 1. The summed E-state index contributed by atoms with van der Waals surface area (Å²) in [4.78, 5) is 20.6. The van der Waals surface area contributed by atoms with Gasteiger partial charge in [0.25, 0.3) is 5.69 Å². The molecule has 0 amide bonds. The lowest BCUT2D eigenvalue weighted by atomic mass is 9.90. The summed E-state index contributed by atoms with van der Waals surface area (Å²) < 4.78 is 0.